The molecule has 9 heteroatoms. The first kappa shape index (κ1) is 11.7. The van der Waals surface area contributed by atoms with E-state index in [0.717, 1.165) is 12.1 Å². The molecule has 0 radical (unpaired) electrons. The number of hydrogen-bond donors (Lipinski definition) is 4. The fourth-order valence-electron chi connectivity index (χ4n) is 1.83. The maximum Gasteiger partial charge on any atom is 0.416 e. The normalized spacial score (nSPS) is 18.1. The Balaban J connectivity index is 2.04. The van der Waals surface area contributed by atoms with E-state index >= 15 is 0 Å². The zero-order valence-electron chi connectivity index (χ0n) is 9.42. The van der Waals surface area contributed by atoms with Crippen molar-refractivity contribution in [3.8, 4) is 0 Å². The molecular weight excluding hydrogens is 261 g/mol. The second-order valence-electron chi connectivity index (χ2n) is 3.96. The molecule has 2 aliphatic heterocycles. The number of guanidine groups is 1. The summed E-state index contributed by atoms with van der Waals surface area (Å²) < 4.78 is 38.0. The molecule has 0 aliphatic carbocycles. The number of nitrogens with one attached hydrogen (secondary N) is 3. The van der Waals surface area contributed by atoms with E-state index < -0.39 is 11.7 Å². The molecule has 3 rings (SSSR count). The Labute approximate surface area is 105 Å². The SMILES string of the molecule is NC1=NC2=C(c3cccc(C(F)(F)F)c3)NNN2N1. The summed E-state index contributed by atoms with van der Waals surface area (Å²) in [5.41, 5.74) is 13.6. The van der Waals surface area contributed by atoms with Crippen LogP contribution in [-0.4, -0.2) is 11.1 Å². The van der Waals surface area contributed by atoms with E-state index in [4.69, 9.17) is 5.73 Å². The molecule has 19 heavy (non-hydrogen) atoms. The molecular formula is C10H9F3N6. The van der Waals surface area contributed by atoms with E-state index in [1.54, 1.807) is 6.07 Å². The van der Waals surface area contributed by atoms with Gasteiger partial charge in [0.25, 0.3) is 0 Å². The first-order valence-electron chi connectivity index (χ1n) is 5.30. The Morgan fingerprint density at radius 1 is 1.26 bits per heavy atom. The van der Waals surface area contributed by atoms with Gasteiger partial charge in [0.1, 0.15) is 5.70 Å². The molecule has 1 aromatic carbocycles. The van der Waals surface area contributed by atoms with Gasteiger partial charge in [0.2, 0.25) is 5.96 Å². The minimum absolute atomic E-state index is 0.161. The first-order valence-corrected chi connectivity index (χ1v) is 5.30. The Hall–Kier alpha value is -2.42. The van der Waals surface area contributed by atoms with Crippen molar-refractivity contribution in [1.29, 1.82) is 0 Å². The summed E-state index contributed by atoms with van der Waals surface area (Å²) in [6.45, 7) is 0. The van der Waals surface area contributed by atoms with Crippen LogP contribution in [0.25, 0.3) is 5.70 Å². The molecule has 0 amide bonds. The third-order valence-corrected chi connectivity index (χ3v) is 2.66. The van der Waals surface area contributed by atoms with E-state index in [1.807, 2.05) is 0 Å². The maximum atomic E-state index is 12.7. The summed E-state index contributed by atoms with van der Waals surface area (Å²) in [6, 6.07) is 4.95. The molecule has 0 fully saturated rings. The van der Waals surface area contributed by atoms with Crippen molar-refractivity contribution in [1.82, 2.24) is 21.5 Å². The lowest BCUT2D eigenvalue weighted by atomic mass is 10.1. The van der Waals surface area contributed by atoms with Crippen molar-refractivity contribution in [2.45, 2.75) is 6.18 Å². The summed E-state index contributed by atoms with van der Waals surface area (Å²) in [4.78, 5) is 3.98. The van der Waals surface area contributed by atoms with Gasteiger partial charge in [-0.25, -0.2) is 5.43 Å². The summed E-state index contributed by atoms with van der Waals surface area (Å²) in [7, 11) is 0. The average Bonchev–Trinajstić information content (AvgIpc) is 2.86. The molecule has 0 spiro atoms. The van der Waals surface area contributed by atoms with Gasteiger partial charge in [-0.2, -0.15) is 23.3 Å². The molecule has 0 aromatic heterocycles. The van der Waals surface area contributed by atoms with Gasteiger partial charge in [0.05, 0.1) is 5.56 Å². The van der Waals surface area contributed by atoms with Gasteiger partial charge >= 0.3 is 6.18 Å². The first-order chi connectivity index (χ1) is 8.95. The lowest BCUT2D eigenvalue weighted by Gasteiger charge is -2.11. The van der Waals surface area contributed by atoms with E-state index in [1.165, 1.54) is 11.2 Å². The molecule has 2 aliphatic rings. The summed E-state index contributed by atoms with van der Waals surface area (Å²) in [6.07, 6.45) is -4.39. The number of hydrogen-bond acceptors (Lipinski definition) is 6. The number of halogens is 3. The van der Waals surface area contributed by atoms with Crippen LogP contribution in [0.5, 0.6) is 0 Å². The van der Waals surface area contributed by atoms with Crippen molar-refractivity contribution >= 4 is 11.7 Å². The Morgan fingerprint density at radius 2 is 2.05 bits per heavy atom. The van der Waals surface area contributed by atoms with E-state index in [-0.39, 0.29) is 5.96 Å². The van der Waals surface area contributed by atoms with Gasteiger partial charge in [-0.1, -0.05) is 12.1 Å². The van der Waals surface area contributed by atoms with E-state index in [9.17, 15) is 13.2 Å². The molecule has 0 saturated heterocycles. The number of nitrogens with zero attached hydrogens (tertiary/aromatic N) is 2. The van der Waals surface area contributed by atoms with Crippen molar-refractivity contribution in [2.24, 2.45) is 10.7 Å². The van der Waals surface area contributed by atoms with Crippen LogP contribution in [0.4, 0.5) is 13.2 Å². The highest BCUT2D eigenvalue weighted by atomic mass is 19.4. The average molecular weight is 270 g/mol. The number of aliphatic imine (C=N–C) groups is 1. The maximum absolute atomic E-state index is 12.7. The van der Waals surface area contributed by atoms with Crippen LogP contribution in [0.1, 0.15) is 11.1 Å². The Morgan fingerprint density at radius 3 is 2.79 bits per heavy atom. The quantitative estimate of drug-likeness (QED) is 0.597. The lowest BCUT2D eigenvalue weighted by Crippen LogP contribution is -2.47. The molecule has 1 aromatic rings. The van der Waals surface area contributed by atoms with Crippen molar-refractivity contribution in [3.05, 3.63) is 41.2 Å². The second kappa shape index (κ2) is 3.79. The molecule has 6 nitrogen and oxygen atoms in total. The van der Waals surface area contributed by atoms with Crippen LogP contribution in [0.15, 0.2) is 35.1 Å². The Bertz CT molecular complexity index is 591. The zero-order chi connectivity index (χ0) is 13.6. The van der Waals surface area contributed by atoms with E-state index in [0.29, 0.717) is 17.1 Å². The fourth-order valence-corrected chi connectivity index (χ4v) is 1.83. The molecule has 0 saturated carbocycles. The second-order valence-corrected chi connectivity index (χ2v) is 3.96. The smallest absolute Gasteiger partial charge is 0.368 e. The molecule has 5 N–H and O–H groups in total. The van der Waals surface area contributed by atoms with Crippen molar-refractivity contribution in [2.75, 3.05) is 0 Å². The van der Waals surface area contributed by atoms with Gasteiger partial charge in [-0.05, 0) is 12.1 Å². The third kappa shape index (κ3) is 1.93. The molecule has 0 unspecified atom stereocenters. The Kier molecular flexibility index (Phi) is 2.32. The largest absolute Gasteiger partial charge is 0.416 e. The van der Waals surface area contributed by atoms with Crippen molar-refractivity contribution in [3.63, 3.8) is 0 Å². The van der Waals surface area contributed by atoms with Gasteiger partial charge in [0, 0.05) is 5.56 Å². The third-order valence-electron chi connectivity index (χ3n) is 2.66. The summed E-state index contributed by atoms with van der Waals surface area (Å²) in [5.74, 6) is 0.547. The predicted molar refractivity (Wildman–Crippen MR) is 61.2 cm³/mol. The van der Waals surface area contributed by atoms with Crippen LogP contribution in [0, 0.1) is 0 Å². The molecule has 100 valence electrons. The molecule has 0 bridgehead atoms. The predicted octanol–water partition coefficient (Wildman–Crippen LogP) is 0.489. The minimum Gasteiger partial charge on any atom is -0.368 e. The van der Waals surface area contributed by atoms with Crippen LogP contribution < -0.4 is 22.1 Å². The lowest BCUT2D eigenvalue weighted by molar-refractivity contribution is -0.137. The number of nitrogens with two attached hydrogens (primary N) is 1. The van der Waals surface area contributed by atoms with Gasteiger partial charge in [-0.3, -0.25) is 5.43 Å². The molecule has 2 heterocycles. The number of alkyl halides is 3. The van der Waals surface area contributed by atoms with Gasteiger partial charge < -0.3 is 5.73 Å². The van der Waals surface area contributed by atoms with Crippen LogP contribution in [0.2, 0.25) is 0 Å². The monoisotopic (exact) mass is 270 g/mol. The van der Waals surface area contributed by atoms with Crippen LogP contribution in [-0.2, 0) is 6.18 Å². The number of benzene rings is 1. The highest BCUT2D eigenvalue weighted by molar-refractivity contribution is 5.83. The fraction of sp³-hybridized carbons (Fsp3) is 0.100. The topological polar surface area (TPSA) is 77.7 Å². The van der Waals surface area contributed by atoms with Crippen LogP contribution in [0.3, 0.4) is 0 Å². The number of fused-ring (bicyclic) bond motifs is 1. The standard InChI is InChI=1S/C10H9F3N6/c11-10(12,13)6-3-1-2-5(4-6)7-8-15-9(14)17-19(8)18-16-7/h1-4,16,18H,(H3,14,15,17). The van der Waals surface area contributed by atoms with E-state index in [2.05, 4.69) is 21.4 Å². The van der Waals surface area contributed by atoms with Crippen LogP contribution >= 0.6 is 0 Å². The van der Waals surface area contributed by atoms with Crippen molar-refractivity contribution < 1.29 is 13.2 Å². The highest BCUT2D eigenvalue weighted by Crippen LogP contribution is 2.32. The highest BCUT2D eigenvalue weighted by Gasteiger charge is 2.32. The zero-order valence-corrected chi connectivity index (χ0v) is 9.42. The minimum atomic E-state index is -4.39. The number of rotatable bonds is 1. The summed E-state index contributed by atoms with van der Waals surface area (Å²) >= 11 is 0. The van der Waals surface area contributed by atoms with Gasteiger partial charge in [0.15, 0.2) is 5.82 Å². The van der Waals surface area contributed by atoms with Gasteiger partial charge in [-0.15, -0.1) is 5.53 Å². The summed E-state index contributed by atoms with van der Waals surface area (Å²) in [5, 5.41) is 1.38. The number of hydrazine groups is 3. The molecule has 0 atom stereocenters.